The van der Waals surface area contributed by atoms with E-state index in [1.54, 1.807) is 37.6 Å². The first-order valence-corrected chi connectivity index (χ1v) is 7.85. The van der Waals surface area contributed by atoms with Crippen LogP contribution in [0.1, 0.15) is 11.1 Å². The normalized spacial score (nSPS) is 11.2. The summed E-state index contributed by atoms with van der Waals surface area (Å²) in [6.07, 6.45) is -1.23. The van der Waals surface area contributed by atoms with Gasteiger partial charge in [-0.2, -0.15) is 13.2 Å². The fourth-order valence-corrected chi connectivity index (χ4v) is 2.50. The Labute approximate surface area is 149 Å². The van der Waals surface area contributed by atoms with E-state index < -0.39 is 11.7 Å². The van der Waals surface area contributed by atoms with E-state index in [1.807, 2.05) is 12.1 Å². The number of aromatic nitrogens is 1. The Morgan fingerprint density at radius 2 is 1.65 bits per heavy atom. The molecule has 0 unspecified atom stereocenters. The maximum absolute atomic E-state index is 12.9. The second kappa shape index (κ2) is 7.47. The van der Waals surface area contributed by atoms with Gasteiger partial charge in [-0.25, -0.2) is 0 Å². The summed E-state index contributed by atoms with van der Waals surface area (Å²) in [5.41, 5.74) is 1.10. The van der Waals surface area contributed by atoms with Crippen molar-refractivity contribution in [1.82, 2.24) is 4.98 Å². The van der Waals surface area contributed by atoms with Crippen LogP contribution in [0, 0.1) is 0 Å². The summed E-state index contributed by atoms with van der Waals surface area (Å²) < 4.78 is 49.6. The van der Waals surface area contributed by atoms with Gasteiger partial charge in [-0.15, -0.1) is 0 Å². The number of rotatable bonds is 5. The van der Waals surface area contributed by atoms with E-state index in [4.69, 9.17) is 9.47 Å². The summed E-state index contributed by atoms with van der Waals surface area (Å²) in [4.78, 5) is 4.12. The Morgan fingerprint density at radius 1 is 0.885 bits per heavy atom. The highest BCUT2D eigenvalue weighted by Crippen LogP contribution is 2.32. The lowest BCUT2D eigenvalue weighted by molar-refractivity contribution is -0.137. The molecule has 6 heteroatoms. The third kappa shape index (κ3) is 4.14. The Bertz CT molecular complexity index is 894. The number of ether oxygens (including phenoxy) is 2. The molecule has 0 saturated heterocycles. The average molecular weight is 359 g/mol. The maximum Gasteiger partial charge on any atom is 0.416 e. The number of methoxy groups -OCH3 is 1. The molecular weight excluding hydrogens is 343 g/mol. The Hall–Kier alpha value is -3.02. The molecule has 134 valence electrons. The fourth-order valence-electron chi connectivity index (χ4n) is 2.50. The van der Waals surface area contributed by atoms with Crippen LogP contribution in [0.5, 0.6) is 11.5 Å². The molecule has 0 saturated carbocycles. The predicted octanol–water partition coefficient (Wildman–Crippen LogP) is 5.36. The highest BCUT2D eigenvalue weighted by molar-refractivity contribution is 5.64. The molecule has 3 rings (SSSR count). The largest absolute Gasteiger partial charge is 0.493 e. The lowest BCUT2D eigenvalue weighted by Gasteiger charge is -2.11. The van der Waals surface area contributed by atoms with Gasteiger partial charge in [-0.3, -0.25) is 4.98 Å². The molecule has 3 aromatic rings. The zero-order chi connectivity index (χ0) is 18.6. The van der Waals surface area contributed by atoms with Gasteiger partial charge in [0.2, 0.25) is 0 Å². The van der Waals surface area contributed by atoms with E-state index in [0.717, 1.165) is 17.7 Å². The predicted molar refractivity (Wildman–Crippen MR) is 92.0 cm³/mol. The van der Waals surface area contributed by atoms with Gasteiger partial charge >= 0.3 is 6.18 Å². The summed E-state index contributed by atoms with van der Waals surface area (Å²) in [5, 5.41) is 0. The van der Waals surface area contributed by atoms with Crippen LogP contribution in [-0.2, 0) is 12.8 Å². The van der Waals surface area contributed by atoms with E-state index in [2.05, 4.69) is 4.98 Å². The Morgan fingerprint density at radius 3 is 2.38 bits per heavy atom. The van der Waals surface area contributed by atoms with Gasteiger partial charge in [0.25, 0.3) is 0 Å². The minimum absolute atomic E-state index is 0.222. The molecule has 1 aromatic heterocycles. The van der Waals surface area contributed by atoms with Crippen molar-refractivity contribution in [2.45, 2.75) is 12.8 Å². The molecule has 0 fully saturated rings. The van der Waals surface area contributed by atoms with Crippen LogP contribution in [0.2, 0.25) is 0 Å². The third-order valence-corrected chi connectivity index (χ3v) is 3.78. The van der Waals surface area contributed by atoms with Crippen molar-refractivity contribution in [3.63, 3.8) is 0 Å². The summed E-state index contributed by atoms with van der Waals surface area (Å²) in [7, 11) is 1.55. The van der Waals surface area contributed by atoms with Crippen LogP contribution in [0.25, 0.3) is 11.1 Å². The minimum Gasteiger partial charge on any atom is -0.493 e. The molecule has 0 aliphatic rings. The molecule has 0 aliphatic carbocycles. The molecule has 0 N–H and O–H groups in total. The number of nitrogens with zero attached hydrogens (tertiary/aromatic N) is 1. The van der Waals surface area contributed by atoms with Crippen LogP contribution < -0.4 is 9.47 Å². The maximum atomic E-state index is 12.9. The first kappa shape index (κ1) is 17.8. The molecular formula is C20H16F3NO2. The summed E-state index contributed by atoms with van der Waals surface area (Å²) in [5.74, 6) is 1.19. The van der Waals surface area contributed by atoms with Crippen molar-refractivity contribution < 1.29 is 22.6 Å². The molecule has 26 heavy (non-hydrogen) atoms. The number of pyridine rings is 1. The Balaban J connectivity index is 1.81. The lowest BCUT2D eigenvalue weighted by atomic mass is 10.0. The van der Waals surface area contributed by atoms with E-state index in [0.29, 0.717) is 22.6 Å². The molecule has 0 atom stereocenters. The number of hydrogen-bond acceptors (Lipinski definition) is 3. The summed E-state index contributed by atoms with van der Waals surface area (Å²) in [6.45, 7) is 0.222. The first-order chi connectivity index (χ1) is 12.5. The highest BCUT2D eigenvalue weighted by Gasteiger charge is 2.30. The summed E-state index contributed by atoms with van der Waals surface area (Å²) >= 11 is 0. The fraction of sp³-hybridized carbons (Fsp3) is 0.150. The van der Waals surface area contributed by atoms with Crippen molar-refractivity contribution in [3.8, 4) is 22.6 Å². The topological polar surface area (TPSA) is 31.4 Å². The molecule has 0 bridgehead atoms. The zero-order valence-corrected chi connectivity index (χ0v) is 14.0. The van der Waals surface area contributed by atoms with E-state index >= 15 is 0 Å². The van der Waals surface area contributed by atoms with Gasteiger partial charge in [0.15, 0.2) is 11.5 Å². The quantitative estimate of drug-likeness (QED) is 0.615. The average Bonchev–Trinajstić information content (AvgIpc) is 2.66. The van der Waals surface area contributed by atoms with Gasteiger partial charge in [0, 0.05) is 23.5 Å². The standard InChI is InChI=1S/C20H16F3NO2/c1-25-18-7-2-3-8-19(18)26-13-14-9-16(12-24-11-14)15-5-4-6-17(10-15)20(21,22)23/h2-12H,13H2,1H3. The second-order valence-electron chi connectivity index (χ2n) is 5.60. The number of alkyl halides is 3. The van der Waals surface area contributed by atoms with Gasteiger partial charge in [0.1, 0.15) is 6.61 Å². The zero-order valence-electron chi connectivity index (χ0n) is 14.0. The molecule has 0 spiro atoms. The number of hydrogen-bond donors (Lipinski definition) is 0. The monoisotopic (exact) mass is 359 g/mol. The van der Waals surface area contributed by atoms with Crippen LogP contribution in [0.15, 0.2) is 67.0 Å². The van der Waals surface area contributed by atoms with Gasteiger partial charge < -0.3 is 9.47 Å². The smallest absolute Gasteiger partial charge is 0.416 e. The van der Waals surface area contributed by atoms with E-state index in [1.165, 1.54) is 12.3 Å². The van der Waals surface area contributed by atoms with Gasteiger partial charge in [-0.1, -0.05) is 24.3 Å². The van der Waals surface area contributed by atoms with Gasteiger partial charge in [-0.05, 0) is 35.9 Å². The SMILES string of the molecule is COc1ccccc1OCc1cncc(-c2cccc(C(F)(F)F)c2)c1. The minimum atomic E-state index is -4.38. The molecule has 0 amide bonds. The van der Waals surface area contributed by atoms with Crippen molar-refractivity contribution >= 4 is 0 Å². The van der Waals surface area contributed by atoms with Crippen molar-refractivity contribution in [3.05, 3.63) is 78.1 Å². The summed E-state index contributed by atoms with van der Waals surface area (Å²) in [6, 6.07) is 14.2. The second-order valence-corrected chi connectivity index (χ2v) is 5.60. The lowest BCUT2D eigenvalue weighted by Crippen LogP contribution is -2.04. The third-order valence-electron chi connectivity index (χ3n) is 3.78. The number of benzene rings is 2. The first-order valence-electron chi connectivity index (χ1n) is 7.85. The van der Waals surface area contributed by atoms with E-state index in [9.17, 15) is 13.2 Å². The highest BCUT2D eigenvalue weighted by atomic mass is 19.4. The van der Waals surface area contributed by atoms with Gasteiger partial charge in [0.05, 0.1) is 12.7 Å². The van der Waals surface area contributed by atoms with Crippen LogP contribution >= 0.6 is 0 Å². The van der Waals surface area contributed by atoms with Crippen molar-refractivity contribution in [1.29, 1.82) is 0 Å². The Kier molecular flexibility index (Phi) is 5.11. The number of halogens is 3. The number of para-hydroxylation sites is 2. The van der Waals surface area contributed by atoms with Crippen LogP contribution in [0.3, 0.4) is 0 Å². The van der Waals surface area contributed by atoms with Crippen molar-refractivity contribution in [2.75, 3.05) is 7.11 Å². The molecule has 2 aromatic carbocycles. The molecule has 0 aliphatic heterocycles. The van der Waals surface area contributed by atoms with E-state index in [-0.39, 0.29) is 6.61 Å². The molecule has 3 nitrogen and oxygen atoms in total. The molecule has 0 radical (unpaired) electrons. The van der Waals surface area contributed by atoms with Crippen LogP contribution in [-0.4, -0.2) is 12.1 Å². The van der Waals surface area contributed by atoms with Crippen molar-refractivity contribution in [2.24, 2.45) is 0 Å². The molecule has 1 heterocycles. The van der Waals surface area contributed by atoms with Crippen LogP contribution in [0.4, 0.5) is 13.2 Å².